The fraction of sp³-hybridized carbons (Fsp3) is 0. The van der Waals surface area contributed by atoms with Crippen LogP contribution in [-0.2, 0) is 0 Å². The van der Waals surface area contributed by atoms with Crippen molar-refractivity contribution in [3.63, 3.8) is 0 Å². The monoisotopic (exact) mass is 269 g/mol. The molecule has 1 aromatic heterocycles. The average molecular weight is 271 g/mol. The Balaban J connectivity index is 3.28. The van der Waals surface area contributed by atoms with Crippen LogP contribution in [0, 0.1) is 0 Å². The minimum absolute atomic E-state index is 0.0362. The zero-order valence-electron chi connectivity index (χ0n) is 5.63. The summed E-state index contributed by atoms with van der Waals surface area (Å²) in [5.41, 5.74) is 0.128. The van der Waals surface area contributed by atoms with Crippen molar-refractivity contribution in [2.45, 2.75) is 0 Å². The van der Waals surface area contributed by atoms with Crippen LogP contribution in [0.2, 0.25) is 10.2 Å². The molecule has 12 heavy (non-hydrogen) atoms. The second-order valence-corrected chi connectivity index (χ2v) is 3.56. The Hall–Kier alpha value is 0.195. The highest BCUT2D eigenvalue weighted by atomic mass is 79.9. The van der Waals surface area contributed by atoms with Crippen molar-refractivity contribution in [1.82, 2.24) is 4.98 Å². The summed E-state index contributed by atoms with van der Waals surface area (Å²) in [5.74, 6) is 0. The molecule has 2 N–H and O–H groups in total. The van der Waals surface area contributed by atoms with Crippen molar-refractivity contribution in [1.29, 1.82) is 0 Å². The number of hydrogen-bond donors (Lipinski definition) is 2. The van der Waals surface area contributed by atoms with E-state index in [2.05, 4.69) is 20.9 Å². The van der Waals surface area contributed by atoms with E-state index in [1.165, 1.54) is 6.07 Å². The Bertz CT molecular complexity index is 310. The van der Waals surface area contributed by atoms with Gasteiger partial charge in [-0.1, -0.05) is 23.2 Å². The van der Waals surface area contributed by atoms with Crippen molar-refractivity contribution in [3.05, 3.63) is 20.8 Å². The van der Waals surface area contributed by atoms with Crippen LogP contribution in [0.4, 0.5) is 0 Å². The van der Waals surface area contributed by atoms with Gasteiger partial charge >= 0.3 is 7.12 Å². The van der Waals surface area contributed by atoms with Gasteiger partial charge in [0.05, 0.1) is 5.02 Å². The van der Waals surface area contributed by atoms with Crippen molar-refractivity contribution in [3.8, 4) is 0 Å². The summed E-state index contributed by atoms with van der Waals surface area (Å²) in [5, 5.41) is 17.7. The Morgan fingerprint density at radius 2 is 2.00 bits per heavy atom. The van der Waals surface area contributed by atoms with Crippen molar-refractivity contribution in [2.75, 3.05) is 0 Å². The number of halogens is 3. The fourth-order valence-corrected chi connectivity index (χ4v) is 1.59. The van der Waals surface area contributed by atoms with Gasteiger partial charge in [0, 0.05) is 5.46 Å². The molecule has 1 rings (SSSR count). The summed E-state index contributed by atoms with van der Waals surface area (Å²) >= 11 is 14.2. The SMILES string of the molecule is OB(O)c1cc(Br)nc(Cl)c1Cl. The Kier molecular flexibility index (Phi) is 3.37. The molecule has 0 saturated heterocycles. The van der Waals surface area contributed by atoms with Crippen LogP contribution in [0.25, 0.3) is 0 Å². The Labute approximate surface area is 87.6 Å². The molecule has 64 valence electrons. The minimum Gasteiger partial charge on any atom is -0.423 e. The molecule has 0 unspecified atom stereocenters. The van der Waals surface area contributed by atoms with Gasteiger partial charge in [-0.05, 0) is 22.0 Å². The second kappa shape index (κ2) is 3.94. The van der Waals surface area contributed by atoms with Crippen molar-refractivity contribution in [2.24, 2.45) is 0 Å². The van der Waals surface area contributed by atoms with E-state index in [1.54, 1.807) is 0 Å². The molecule has 1 heterocycles. The molecule has 7 heteroatoms. The molecular formula is C5H3BBrCl2NO2. The maximum absolute atomic E-state index is 8.82. The van der Waals surface area contributed by atoms with Crippen LogP contribution < -0.4 is 5.46 Å². The van der Waals surface area contributed by atoms with Gasteiger partial charge in [-0.15, -0.1) is 0 Å². The maximum Gasteiger partial charge on any atom is 0.490 e. The first-order valence-corrected chi connectivity index (χ1v) is 4.45. The summed E-state index contributed by atoms with van der Waals surface area (Å²) in [6.07, 6.45) is 0. The molecule has 1 aromatic rings. The molecule has 0 saturated carbocycles. The fourth-order valence-electron chi connectivity index (χ4n) is 0.674. The lowest BCUT2D eigenvalue weighted by Crippen LogP contribution is -2.31. The highest BCUT2D eigenvalue weighted by Crippen LogP contribution is 2.19. The quantitative estimate of drug-likeness (QED) is 0.587. The van der Waals surface area contributed by atoms with Gasteiger partial charge in [-0.2, -0.15) is 0 Å². The zero-order chi connectivity index (χ0) is 9.30. The standard InChI is InChI=1S/C5H3BBrCl2NO2/c7-3-1-2(6(11)12)4(8)5(9)10-3/h1,11-12H. The predicted octanol–water partition coefficient (Wildman–Crippen LogP) is 0.831. The van der Waals surface area contributed by atoms with E-state index in [1.807, 2.05) is 0 Å². The minimum atomic E-state index is -1.64. The smallest absolute Gasteiger partial charge is 0.423 e. The summed E-state index contributed by atoms with van der Waals surface area (Å²) in [6.45, 7) is 0. The first-order valence-electron chi connectivity index (χ1n) is 2.90. The number of hydrogen-bond acceptors (Lipinski definition) is 3. The molecule has 0 aliphatic rings. The van der Waals surface area contributed by atoms with E-state index >= 15 is 0 Å². The first kappa shape index (κ1) is 10.3. The third-order valence-corrected chi connectivity index (χ3v) is 2.37. The van der Waals surface area contributed by atoms with Crippen LogP contribution in [0.1, 0.15) is 0 Å². The molecule has 0 bridgehead atoms. The lowest BCUT2D eigenvalue weighted by molar-refractivity contribution is 0.425. The topological polar surface area (TPSA) is 53.4 Å². The van der Waals surface area contributed by atoms with Gasteiger partial charge in [0.1, 0.15) is 9.76 Å². The molecule has 3 nitrogen and oxygen atoms in total. The van der Waals surface area contributed by atoms with E-state index in [0.29, 0.717) is 4.60 Å². The Morgan fingerprint density at radius 3 is 2.50 bits per heavy atom. The summed E-state index contributed by atoms with van der Waals surface area (Å²) in [6, 6.07) is 1.39. The molecule has 0 fully saturated rings. The maximum atomic E-state index is 8.82. The molecule has 0 amide bonds. The number of pyridine rings is 1. The van der Waals surface area contributed by atoms with Gasteiger partial charge in [0.25, 0.3) is 0 Å². The van der Waals surface area contributed by atoms with Gasteiger partial charge < -0.3 is 10.0 Å². The third kappa shape index (κ3) is 2.11. The van der Waals surface area contributed by atoms with E-state index in [0.717, 1.165) is 0 Å². The highest BCUT2D eigenvalue weighted by Gasteiger charge is 2.18. The van der Waals surface area contributed by atoms with Crippen LogP contribution in [0.15, 0.2) is 10.7 Å². The summed E-state index contributed by atoms with van der Waals surface area (Å²) < 4.78 is 0.403. The van der Waals surface area contributed by atoms with Crippen molar-refractivity contribution < 1.29 is 10.0 Å². The van der Waals surface area contributed by atoms with Crippen LogP contribution in [0.5, 0.6) is 0 Å². The Morgan fingerprint density at radius 1 is 1.42 bits per heavy atom. The lowest BCUT2D eigenvalue weighted by atomic mass is 9.81. The average Bonchev–Trinajstić information content (AvgIpc) is 1.96. The highest BCUT2D eigenvalue weighted by molar-refractivity contribution is 9.10. The zero-order valence-corrected chi connectivity index (χ0v) is 8.73. The first-order chi connectivity index (χ1) is 5.52. The molecule has 0 atom stereocenters. The molecule has 0 aliphatic heterocycles. The molecule has 0 aromatic carbocycles. The van der Waals surface area contributed by atoms with Gasteiger partial charge in [0.15, 0.2) is 0 Å². The third-order valence-electron chi connectivity index (χ3n) is 1.19. The number of aromatic nitrogens is 1. The van der Waals surface area contributed by atoms with E-state index in [-0.39, 0.29) is 15.6 Å². The largest absolute Gasteiger partial charge is 0.490 e. The van der Waals surface area contributed by atoms with Gasteiger partial charge in [-0.3, -0.25) is 0 Å². The molecule has 0 spiro atoms. The number of nitrogens with zero attached hydrogens (tertiary/aromatic N) is 1. The molecule has 0 radical (unpaired) electrons. The van der Waals surface area contributed by atoms with E-state index in [4.69, 9.17) is 33.2 Å². The van der Waals surface area contributed by atoms with Crippen LogP contribution in [-0.4, -0.2) is 22.2 Å². The predicted molar refractivity (Wildman–Crippen MR) is 51.8 cm³/mol. The normalized spacial score (nSPS) is 10.1. The van der Waals surface area contributed by atoms with E-state index < -0.39 is 7.12 Å². The van der Waals surface area contributed by atoms with Crippen LogP contribution >= 0.6 is 39.1 Å². The van der Waals surface area contributed by atoms with Gasteiger partial charge in [-0.25, -0.2) is 4.98 Å². The summed E-state index contributed by atoms with van der Waals surface area (Å²) in [7, 11) is -1.64. The lowest BCUT2D eigenvalue weighted by Gasteiger charge is -2.03. The van der Waals surface area contributed by atoms with Crippen LogP contribution in [0.3, 0.4) is 0 Å². The van der Waals surface area contributed by atoms with E-state index in [9.17, 15) is 0 Å². The number of rotatable bonds is 1. The van der Waals surface area contributed by atoms with Crippen molar-refractivity contribution >= 4 is 51.7 Å². The molecule has 0 aliphatic carbocycles. The second-order valence-electron chi connectivity index (χ2n) is 2.01. The van der Waals surface area contributed by atoms with Gasteiger partial charge in [0.2, 0.25) is 0 Å². The molecular weight excluding hydrogens is 268 g/mol. The summed E-state index contributed by atoms with van der Waals surface area (Å²) in [4.78, 5) is 3.74.